The third-order valence-electron chi connectivity index (χ3n) is 2.55. The van der Waals surface area contributed by atoms with Crippen LogP contribution in [0.3, 0.4) is 0 Å². The van der Waals surface area contributed by atoms with E-state index < -0.39 is 22.8 Å². The van der Waals surface area contributed by atoms with E-state index in [1.54, 1.807) is 19.2 Å². The highest BCUT2D eigenvalue weighted by atomic mass is 79.9. The zero-order valence-electron chi connectivity index (χ0n) is 10.9. The fourth-order valence-corrected chi connectivity index (χ4v) is 2.52. The maximum absolute atomic E-state index is 13.5. The van der Waals surface area contributed by atoms with Crippen LogP contribution in [0.1, 0.15) is 6.92 Å². The summed E-state index contributed by atoms with van der Waals surface area (Å²) >= 11 is 4.50. The van der Waals surface area contributed by atoms with Gasteiger partial charge < -0.3 is 5.32 Å². The van der Waals surface area contributed by atoms with Crippen molar-refractivity contribution in [3.8, 4) is 0 Å². The Bertz CT molecular complexity index is 652. The Morgan fingerprint density at radius 3 is 2.76 bits per heavy atom. The van der Waals surface area contributed by atoms with E-state index in [-0.39, 0.29) is 5.69 Å². The number of pyridine rings is 1. The summed E-state index contributed by atoms with van der Waals surface area (Å²) < 4.78 is 27.3. The predicted molar refractivity (Wildman–Crippen MR) is 82.2 cm³/mol. The maximum atomic E-state index is 13.5. The van der Waals surface area contributed by atoms with Crippen molar-refractivity contribution in [2.45, 2.75) is 17.2 Å². The zero-order valence-corrected chi connectivity index (χ0v) is 13.3. The monoisotopic (exact) mass is 372 g/mol. The van der Waals surface area contributed by atoms with Crippen molar-refractivity contribution in [1.29, 1.82) is 0 Å². The second kappa shape index (κ2) is 7.00. The fourth-order valence-electron chi connectivity index (χ4n) is 1.49. The first-order chi connectivity index (χ1) is 9.95. The molecule has 2 rings (SSSR count). The van der Waals surface area contributed by atoms with Gasteiger partial charge >= 0.3 is 0 Å². The van der Waals surface area contributed by atoms with Gasteiger partial charge in [-0.1, -0.05) is 11.8 Å². The second-order valence-electron chi connectivity index (χ2n) is 4.19. The van der Waals surface area contributed by atoms with Crippen molar-refractivity contribution in [1.82, 2.24) is 4.98 Å². The SMILES string of the molecule is CC(Sc1ccc(Br)cn1)C(=O)Nc1cc(F)ccc1F. The number of thioether (sulfide) groups is 1. The Balaban J connectivity index is 2.02. The maximum Gasteiger partial charge on any atom is 0.237 e. The number of nitrogens with zero attached hydrogens (tertiary/aromatic N) is 1. The van der Waals surface area contributed by atoms with Crippen LogP contribution in [0.5, 0.6) is 0 Å². The zero-order chi connectivity index (χ0) is 15.4. The molecule has 0 saturated heterocycles. The van der Waals surface area contributed by atoms with Crippen molar-refractivity contribution in [2.75, 3.05) is 5.32 Å². The molecule has 0 fully saturated rings. The summed E-state index contributed by atoms with van der Waals surface area (Å²) in [6, 6.07) is 6.49. The van der Waals surface area contributed by atoms with E-state index in [0.717, 1.165) is 22.7 Å². The molecular formula is C14H11BrF2N2OS. The molecular weight excluding hydrogens is 362 g/mol. The fraction of sp³-hybridized carbons (Fsp3) is 0.143. The van der Waals surface area contributed by atoms with Crippen LogP contribution in [0, 0.1) is 11.6 Å². The second-order valence-corrected chi connectivity index (χ2v) is 6.46. The highest BCUT2D eigenvalue weighted by molar-refractivity contribution is 9.10. The van der Waals surface area contributed by atoms with Crippen LogP contribution in [0.25, 0.3) is 0 Å². The van der Waals surface area contributed by atoms with Gasteiger partial charge in [-0.25, -0.2) is 13.8 Å². The van der Waals surface area contributed by atoms with Crippen molar-refractivity contribution in [3.05, 3.63) is 52.6 Å². The van der Waals surface area contributed by atoms with Crippen LogP contribution in [0.4, 0.5) is 14.5 Å². The normalized spacial score (nSPS) is 12.0. The van der Waals surface area contributed by atoms with Gasteiger partial charge in [0, 0.05) is 16.7 Å². The van der Waals surface area contributed by atoms with Gasteiger partial charge in [-0.05, 0) is 47.1 Å². The molecule has 0 aliphatic carbocycles. The first-order valence-electron chi connectivity index (χ1n) is 6.00. The lowest BCUT2D eigenvalue weighted by Crippen LogP contribution is -2.23. The van der Waals surface area contributed by atoms with Crippen LogP contribution in [0.2, 0.25) is 0 Å². The Morgan fingerprint density at radius 2 is 2.10 bits per heavy atom. The molecule has 1 atom stereocenters. The average Bonchev–Trinajstić information content (AvgIpc) is 2.45. The molecule has 1 aromatic carbocycles. The van der Waals surface area contributed by atoms with E-state index >= 15 is 0 Å². The summed E-state index contributed by atoms with van der Waals surface area (Å²) in [5.74, 6) is -1.71. The van der Waals surface area contributed by atoms with Gasteiger partial charge in [-0.2, -0.15) is 0 Å². The largest absolute Gasteiger partial charge is 0.323 e. The van der Waals surface area contributed by atoms with E-state index in [4.69, 9.17) is 0 Å². The van der Waals surface area contributed by atoms with Crippen molar-refractivity contribution >= 4 is 39.3 Å². The molecule has 1 aromatic heterocycles. The minimum absolute atomic E-state index is 0.170. The molecule has 0 saturated carbocycles. The van der Waals surface area contributed by atoms with Crippen LogP contribution in [-0.4, -0.2) is 16.1 Å². The lowest BCUT2D eigenvalue weighted by molar-refractivity contribution is -0.115. The molecule has 110 valence electrons. The Labute approximate surface area is 133 Å². The number of anilines is 1. The molecule has 3 nitrogen and oxygen atoms in total. The molecule has 1 unspecified atom stereocenters. The van der Waals surface area contributed by atoms with Gasteiger partial charge in [-0.3, -0.25) is 4.79 Å². The minimum Gasteiger partial charge on any atom is -0.323 e. The quantitative estimate of drug-likeness (QED) is 0.816. The van der Waals surface area contributed by atoms with E-state index in [2.05, 4.69) is 26.2 Å². The van der Waals surface area contributed by atoms with Gasteiger partial charge in [0.15, 0.2) is 0 Å². The highest BCUT2D eigenvalue weighted by Crippen LogP contribution is 2.24. The van der Waals surface area contributed by atoms with E-state index in [0.29, 0.717) is 5.03 Å². The molecule has 1 amide bonds. The smallest absolute Gasteiger partial charge is 0.237 e. The molecule has 1 heterocycles. The standard InChI is InChI=1S/C14H11BrF2N2OS/c1-8(21-13-5-2-9(15)7-18-13)14(20)19-12-6-10(16)3-4-11(12)17/h2-8H,1H3,(H,19,20). The van der Waals surface area contributed by atoms with E-state index in [1.807, 2.05) is 6.07 Å². The molecule has 0 aliphatic heterocycles. The molecule has 7 heteroatoms. The van der Waals surface area contributed by atoms with Crippen LogP contribution in [0.15, 0.2) is 46.0 Å². The number of carbonyl (C=O) groups excluding carboxylic acids is 1. The topological polar surface area (TPSA) is 42.0 Å². The van der Waals surface area contributed by atoms with E-state index in [1.165, 1.54) is 11.8 Å². The first-order valence-corrected chi connectivity index (χ1v) is 7.67. The van der Waals surface area contributed by atoms with Gasteiger partial charge in [0.05, 0.1) is 16.0 Å². The Hall–Kier alpha value is -1.47. The molecule has 1 N–H and O–H groups in total. The lowest BCUT2D eigenvalue weighted by atomic mass is 10.3. The Kier molecular flexibility index (Phi) is 5.30. The summed E-state index contributed by atoms with van der Waals surface area (Å²) in [5.41, 5.74) is -0.170. The average molecular weight is 373 g/mol. The number of amides is 1. The summed E-state index contributed by atoms with van der Waals surface area (Å²) in [6.45, 7) is 1.67. The van der Waals surface area contributed by atoms with Gasteiger partial charge in [0.25, 0.3) is 0 Å². The van der Waals surface area contributed by atoms with Crippen molar-refractivity contribution in [2.24, 2.45) is 0 Å². The third kappa shape index (κ3) is 4.50. The number of hydrogen-bond acceptors (Lipinski definition) is 3. The predicted octanol–water partition coefficient (Wildman–Crippen LogP) is 4.24. The summed E-state index contributed by atoms with van der Waals surface area (Å²) in [6.07, 6.45) is 1.62. The van der Waals surface area contributed by atoms with Crippen molar-refractivity contribution < 1.29 is 13.6 Å². The number of halogens is 3. The van der Waals surface area contributed by atoms with Gasteiger partial charge in [0.1, 0.15) is 11.6 Å². The summed E-state index contributed by atoms with van der Waals surface area (Å²) in [4.78, 5) is 16.1. The Morgan fingerprint density at radius 1 is 1.33 bits per heavy atom. The van der Waals surface area contributed by atoms with Crippen LogP contribution < -0.4 is 5.32 Å². The first kappa shape index (κ1) is 15.9. The number of carbonyl (C=O) groups is 1. The number of rotatable bonds is 4. The minimum atomic E-state index is -0.677. The number of aromatic nitrogens is 1. The molecule has 0 aliphatic rings. The lowest BCUT2D eigenvalue weighted by Gasteiger charge is -2.12. The van der Waals surface area contributed by atoms with Crippen LogP contribution in [-0.2, 0) is 4.79 Å². The molecule has 0 bridgehead atoms. The number of hydrogen-bond donors (Lipinski definition) is 1. The molecule has 2 aromatic rings. The molecule has 21 heavy (non-hydrogen) atoms. The van der Waals surface area contributed by atoms with Crippen molar-refractivity contribution in [3.63, 3.8) is 0 Å². The molecule has 0 radical (unpaired) electrons. The van der Waals surface area contributed by atoms with Crippen LogP contribution >= 0.6 is 27.7 Å². The number of benzene rings is 1. The van der Waals surface area contributed by atoms with Gasteiger partial charge in [0.2, 0.25) is 5.91 Å². The number of nitrogens with one attached hydrogen (secondary N) is 1. The van der Waals surface area contributed by atoms with Gasteiger partial charge in [-0.15, -0.1) is 0 Å². The molecule has 0 spiro atoms. The summed E-state index contributed by atoms with van der Waals surface area (Å²) in [5, 5.41) is 2.54. The third-order valence-corrected chi connectivity index (χ3v) is 4.07. The highest BCUT2D eigenvalue weighted by Gasteiger charge is 2.17. The van der Waals surface area contributed by atoms with E-state index in [9.17, 15) is 13.6 Å². The summed E-state index contributed by atoms with van der Waals surface area (Å²) in [7, 11) is 0.